The maximum Gasteiger partial charge on any atom is 0.111 e. The third-order valence-electron chi connectivity index (χ3n) is 3.93. The molecule has 15 heavy (non-hydrogen) atoms. The molecule has 2 fully saturated rings. The van der Waals surface area contributed by atoms with Gasteiger partial charge < -0.3 is 10.8 Å². The first-order valence-electron chi connectivity index (χ1n) is 6.05. The molecule has 0 aromatic rings. The molecule has 1 radical (unpaired) electrons. The van der Waals surface area contributed by atoms with Crippen LogP contribution in [0.1, 0.15) is 25.7 Å². The second-order valence-corrected chi connectivity index (χ2v) is 4.79. The molecule has 0 aliphatic carbocycles. The predicted molar refractivity (Wildman–Crippen MR) is 59.4 cm³/mol. The average molecular weight is 212 g/mol. The quantitative estimate of drug-likeness (QED) is 0.678. The van der Waals surface area contributed by atoms with Gasteiger partial charge in [-0.1, -0.05) is 0 Å². The normalized spacial score (nSPS) is 34.8. The zero-order valence-electron chi connectivity index (χ0n) is 9.36. The zero-order valence-corrected chi connectivity index (χ0v) is 9.36. The first kappa shape index (κ1) is 11.3. The van der Waals surface area contributed by atoms with Gasteiger partial charge in [0.15, 0.2) is 0 Å². The molecule has 2 aliphatic heterocycles. The van der Waals surface area contributed by atoms with Crippen LogP contribution < -0.4 is 11.1 Å². The fourth-order valence-electron chi connectivity index (χ4n) is 2.80. The SMILES string of the molecule is NCC1CCN(C2(CO)CCC[N]2)CC1. The summed E-state index contributed by atoms with van der Waals surface area (Å²) in [6.07, 6.45) is 4.47. The van der Waals surface area contributed by atoms with E-state index in [1.807, 2.05) is 0 Å². The Morgan fingerprint density at radius 1 is 1.40 bits per heavy atom. The molecule has 0 saturated carbocycles. The minimum absolute atomic E-state index is 0.181. The van der Waals surface area contributed by atoms with Crippen molar-refractivity contribution in [3.63, 3.8) is 0 Å². The first-order chi connectivity index (χ1) is 7.30. The summed E-state index contributed by atoms with van der Waals surface area (Å²) in [6.45, 7) is 3.99. The van der Waals surface area contributed by atoms with Crippen molar-refractivity contribution >= 4 is 0 Å². The van der Waals surface area contributed by atoms with Gasteiger partial charge in [-0.3, -0.25) is 4.90 Å². The second kappa shape index (κ2) is 4.78. The van der Waals surface area contributed by atoms with Crippen molar-refractivity contribution in [2.45, 2.75) is 31.3 Å². The highest BCUT2D eigenvalue weighted by atomic mass is 16.3. The standard InChI is InChI=1S/C11H22N3O/c12-8-10-2-6-14(7-3-10)11(9-15)4-1-5-13-11/h10,15H,1-9,12H2. The molecule has 1 unspecified atom stereocenters. The van der Waals surface area contributed by atoms with E-state index in [0.717, 1.165) is 51.9 Å². The third-order valence-corrected chi connectivity index (χ3v) is 3.93. The molecule has 0 aromatic heterocycles. The van der Waals surface area contributed by atoms with Crippen LogP contribution in [0, 0.1) is 5.92 Å². The molecule has 3 N–H and O–H groups in total. The minimum Gasteiger partial charge on any atom is -0.393 e. The molecule has 0 amide bonds. The molecular weight excluding hydrogens is 190 g/mol. The summed E-state index contributed by atoms with van der Waals surface area (Å²) in [5, 5.41) is 14.1. The van der Waals surface area contributed by atoms with E-state index in [1.54, 1.807) is 0 Å². The highest BCUT2D eigenvalue weighted by Gasteiger charge is 2.41. The number of hydrogen-bond donors (Lipinski definition) is 2. The van der Waals surface area contributed by atoms with Crippen LogP contribution in [0.4, 0.5) is 0 Å². The van der Waals surface area contributed by atoms with Crippen molar-refractivity contribution in [2.75, 3.05) is 32.8 Å². The summed E-state index contributed by atoms with van der Waals surface area (Å²) in [6, 6.07) is 0. The molecule has 2 saturated heterocycles. The summed E-state index contributed by atoms with van der Waals surface area (Å²) in [5.74, 6) is 0.679. The van der Waals surface area contributed by atoms with E-state index >= 15 is 0 Å². The number of nitrogens with two attached hydrogens (primary N) is 1. The molecule has 87 valence electrons. The predicted octanol–water partition coefficient (Wildman–Crippen LogP) is -0.256. The van der Waals surface area contributed by atoms with Crippen molar-refractivity contribution in [3.05, 3.63) is 0 Å². The van der Waals surface area contributed by atoms with Crippen molar-refractivity contribution in [3.8, 4) is 0 Å². The number of rotatable bonds is 3. The number of nitrogens with zero attached hydrogens (tertiary/aromatic N) is 2. The van der Waals surface area contributed by atoms with Gasteiger partial charge in [0.1, 0.15) is 5.66 Å². The molecule has 0 spiro atoms. The average Bonchev–Trinajstić information content (AvgIpc) is 2.79. The molecule has 1 atom stereocenters. The van der Waals surface area contributed by atoms with Crippen LogP contribution in [-0.4, -0.2) is 48.5 Å². The van der Waals surface area contributed by atoms with E-state index < -0.39 is 0 Å². The van der Waals surface area contributed by atoms with Gasteiger partial charge in [0.2, 0.25) is 0 Å². The van der Waals surface area contributed by atoms with Crippen molar-refractivity contribution in [1.29, 1.82) is 0 Å². The number of aliphatic hydroxyl groups excluding tert-OH is 1. The van der Waals surface area contributed by atoms with Gasteiger partial charge in [-0.05, 0) is 38.1 Å². The third kappa shape index (κ3) is 2.18. The fourth-order valence-corrected chi connectivity index (χ4v) is 2.80. The van der Waals surface area contributed by atoms with E-state index in [-0.39, 0.29) is 12.3 Å². The lowest BCUT2D eigenvalue weighted by atomic mass is 9.94. The van der Waals surface area contributed by atoms with Crippen LogP contribution in [0.2, 0.25) is 0 Å². The Morgan fingerprint density at radius 3 is 2.60 bits per heavy atom. The first-order valence-corrected chi connectivity index (χ1v) is 6.05. The lowest BCUT2D eigenvalue weighted by Gasteiger charge is -2.43. The molecule has 2 rings (SSSR count). The topological polar surface area (TPSA) is 63.6 Å². The van der Waals surface area contributed by atoms with Gasteiger partial charge in [-0.2, -0.15) is 0 Å². The second-order valence-electron chi connectivity index (χ2n) is 4.79. The van der Waals surface area contributed by atoms with Crippen LogP contribution in [0.5, 0.6) is 0 Å². The monoisotopic (exact) mass is 212 g/mol. The summed E-state index contributed by atoms with van der Waals surface area (Å²) < 4.78 is 0. The van der Waals surface area contributed by atoms with Gasteiger partial charge in [0.25, 0.3) is 0 Å². The fraction of sp³-hybridized carbons (Fsp3) is 1.00. The Labute approximate surface area is 91.8 Å². The number of hydrogen-bond acceptors (Lipinski definition) is 3. The van der Waals surface area contributed by atoms with Gasteiger partial charge >= 0.3 is 0 Å². The maximum atomic E-state index is 9.53. The van der Waals surface area contributed by atoms with Gasteiger partial charge in [0.05, 0.1) is 6.61 Å². The molecular formula is C11H22N3O. The summed E-state index contributed by atoms with van der Waals surface area (Å²) in [5.41, 5.74) is 5.44. The largest absolute Gasteiger partial charge is 0.393 e. The van der Waals surface area contributed by atoms with Crippen LogP contribution in [0.15, 0.2) is 0 Å². The number of piperidine rings is 1. The maximum absolute atomic E-state index is 9.53. The van der Waals surface area contributed by atoms with E-state index in [2.05, 4.69) is 10.2 Å². The van der Waals surface area contributed by atoms with Crippen LogP contribution in [-0.2, 0) is 0 Å². The Bertz CT molecular complexity index is 196. The highest BCUT2D eigenvalue weighted by molar-refractivity contribution is 4.94. The van der Waals surface area contributed by atoms with Crippen molar-refractivity contribution in [1.82, 2.24) is 10.2 Å². The van der Waals surface area contributed by atoms with Crippen LogP contribution in [0.25, 0.3) is 0 Å². The van der Waals surface area contributed by atoms with E-state index in [9.17, 15) is 5.11 Å². The molecule has 4 nitrogen and oxygen atoms in total. The molecule has 2 heterocycles. The number of aliphatic hydroxyl groups is 1. The molecule has 0 bridgehead atoms. The van der Waals surface area contributed by atoms with Crippen LogP contribution >= 0.6 is 0 Å². The zero-order chi connectivity index (χ0) is 10.7. The van der Waals surface area contributed by atoms with Crippen molar-refractivity contribution in [2.24, 2.45) is 11.7 Å². The Kier molecular flexibility index (Phi) is 3.61. The van der Waals surface area contributed by atoms with Gasteiger partial charge in [-0.25, -0.2) is 5.32 Å². The van der Waals surface area contributed by atoms with Crippen molar-refractivity contribution < 1.29 is 5.11 Å². The molecule has 4 heteroatoms. The number of likely N-dealkylation sites (tertiary alicyclic amines) is 1. The lowest BCUT2D eigenvalue weighted by Crippen LogP contribution is -2.57. The van der Waals surface area contributed by atoms with Gasteiger partial charge in [0, 0.05) is 19.6 Å². The Balaban J connectivity index is 1.93. The summed E-state index contributed by atoms with van der Waals surface area (Å²) in [4.78, 5) is 2.37. The van der Waals surface area contributed by atoms with Crippen LogP contribution in [0.3, 0.4) is 0 Å². The Hall–Kier alpha value is -0.160. The van der Waals surface area contributed by atoms with E-state index in [0.29, 0.717) is 5.92 Å². The van der Waals surface area contributed by atoms with E-state index in [1.165, 1.54) is 0 Å². The highest BCUT2D eigenvalue weighted by Crippen LogP contribution is 2.29. The lowest BCUT2D eigenvalue weighted by molar-refractivity contribution is -0.00727. The van der Waals surface area contributed by atoms with E-state index in [4.69, 9.17) is 5.73 Å². The molecule has 0 aromatic carbocycles. The Morgan fingerprint density at radius 2 is 2.13 bits per heavy atom. The summed E-state index contributed by atoms with van der Waals surface area (Å²) >= 11 is 0. The smallest absolute Gasteiger partial charge is 0.111 e. The molecule has 2 aliphatic rings. The van der Waals surface area contributed by atoms with Gasteiger partial charge in [-0.15, -0.1) is 0 Å². The summed E-state index contributed by atoms with van der Waals surface area (Å²) in [7, 11) is 0. The minimum atomic E-state index is -0.237.